The van der Waals surface area contributed by atoms with Crippen molar-refractivity contribution in [3.8, 4) is 0 Å². The molecule has 94 valence electrons. The number of benzene rings is 1. The summed E-state index contributed by atoms with van der Waals surface area (Å²) in [5.74, 6) is -0.925. The van der Waals surface area contributed by atoms with E-state index in [0.717, 1.165) is 31.5 Å². The van der Waals surface area contributed by atoms with Crippen LogP contribution in [0.4, 0.5) is 0 Å². The lowest BCUT2D eigenvalue weighted by Crippen LogP contribution is -2.14. The van der Waals surface area contributed by atoms with Crippen molar-refractivity contribution in [1.82, 2.24) is 9.55 Å². The second-order valence-electron chi connectivity index (χ2n) is 4.54. The Hall–Kier alpha value is -1.88. The lowest BCUT2D eigenvalue weighted by Gasteiger charge is -2.10. The van der Waals surface area contributed by atoms with Gasteiger partial charge in [-0.15, -0.1) is 0 Å². The molecule has 2 heterocycles. The van der Waals surface area contributed by atoms with Crippen molar-refractivity contribution in [3.63, 3.8) is 0 Å². The summed E-state index contributed by atoms with van der Waals surface area (Å²) in [5.41, 5.74) is 1.94. The molecule has 1 fully saturated rings. The van der Waals surface area contributed by atoms with Crippen LogP contribution in [0.5, 0.6) is 0 Å². The third kappa shape index (κ3) is 1.97. The third-order valence-corrected chi connectivity index (χ3v) is 3.29. The van der Waals surface area contributed by atoms with Gasteiger partial charge in [0.2, 0.25) is 0 Å². The number of carboxylic acids is 1. The number of carboxylic acid groups (broad SMARTS) is 1. The van der Waals surface area contributed by atoms with Gasteiger partial charge in [-0.2, -0.15) is 0 Å². The second-order valence-corrected chi connectivity index (χ2v) is 4.54. The topological polar surface area (TPSA) is 64.3 Å². The molecule has 1 saturated heterocycles. The Kier molecular flexibility index (Phi) is 2.76. The fourth-order valence-electron chi connectivity index (χ4n) is 2.35. The monoisotopic (exact) mass is 246 g/mol. The van der Waals surface area contributed by atoms with Crippen molar-refractivity contribution < 1.29 is 14.6 Å². The standard InChI is InChI=1S/C13H14N2O3/c16-13(17)9-3-4-12-11(6-9)14-8-15(12)7-10-2-1-5-18-10/h3-4,6,8,10H,1-2,5,7H2,(H,16,17)/t10-/m0/s1. The van der Waals surface area contributed by atoms with Crippen LogP contribution in [-0.4, -0.2) is 33.3 Å². The minimum atomic E-state index is -0.925. The Morgan fingerprint density at radius 1 is 1.56 bits per heavy atom. The Morgan fingerprint density at radius 2 is 2.44 bits per heavy atom. The van der Waals surface area contributed by atoms with Crippen LogP contribution in [0.3, 0.4) is 0 Å². The van der Waals surface area contributed by atoms with Gasteiger partial charge in [-0.3, -0.25) is 0 Å². The number of ether oxygens (including phenoxy) is 1. The first-order chi connectivity index (χ1) is 8.74. The van der Waals surface area contributed by atoms with Crippen LogP contribution in [0.2, 0.25) is 0 Å². The van der Waals surface area contributed by atoms with Crippen LogP contribution in [0.25, 0.3) is 11.0 Å². The van der Waals surface area contributed by atoms with Gasteiger partial charge in [0.25, 0.3) is 0 Å². The molecular formula is C13H14N2O3. The highest BCUT2D eigenvalue weighted by Crippen LogP contribution is 2.19. The average Bonchev–Trinajstić information content (AvgIpc) is 2.99. The zero-order valence-corrected chi connectivity index (χ0v) is 9.87. The summed E-state index contributed by atoms with van der Waals surface area (Å²) in [4.78, 5) is 15.1. The zero-order valence-electron chi connectivity index (χ0n) is 9.87. The van der Waals surface area contributed by atoms with E-state index in [9.17, 15) is 4.79 Å². The fourth-order valence-corrected chi connectivity index (χ4v) is 2.35. The molecule has 3 rings (SSSR count). The van der Waals surface area contributed by atoms with Crippen LogP contribution in [-0.2, 0) is 11.3 Å². The molecule has 1 N–H and O–H groups in total. The molecule has 0 unspecified atom stereocenters. The average molecular weight is 246 g/mol. The molecule has 0 spiro atoms. The van der Waals surface area contributed by atoms with E-state index in [1.807, 2.05) is 4.57 Å². The van der Waals surface area contributed by atoms with Crippen LogP contribution in [0.1, 0.15) is 23.2 Å². The zero-order chi connectivity index (χ0) is 12.5. The SMILES string of the molecule is O=C(O)c1ccc2c(c1)ncn2C[C@@H]1CCCO1. The highest BCUT2D eigenvalue weighted by atomic mass is 16.5. The molecule has 0 amide bonds. The molecule has 1 atom stereocenters. The fraction of sp³-hybridized carbons (Fsp3) is 0.385. The molecule has 1 aromatic heterocycles. The van der Waals surface area contributed by atoms with E-state index in [1.54, 1.807) is 24.5 Å². The van der Waals surface area contributed by atoms with Crippen molar-refractivity contribution in [2.75, 3.05) is 6.61 Å². The molecule has 0 saturated carbocycles. The molecule has 5 heteroatoms. The molecule has 5 nitrogen and oxygen atoms in total. The number of aromatic nitrogens is 2. The maximum absolute atomic E-state index is 10.9. The lowest BCUT2D eigenvalue weighted by atomic mass is 10.2. The van der Waals surface area contributed by atoms with Gasteiger partial charge in [-0.1, -0.05) is 0 Å². The predicted octanol–water partition coefficient (Wildman–Crippen LogP) is 1.91. The molecule has 0 radical (unpaired) electrons. The van der Waals surface area contributed by atoms with Gasteiger partial charge >= 0.3 is 5.97 Å². The number of imidazole rings is 1. The number of hydrogen-bond acceptors (Lipinski definition) is 3. The van der Waals surface area contributed by atoms with Gasteiger partial charge in [0.1, 0.15) is 0 Å². The van der Waals surface area contributed by atoms with Crippen molar-refractivity contribution in [3.05, 3.63) is 30.1 Å². The molecule has 0 aliphatic carbocycles. The number of rotatable bonds is 3. The number of carbonyl (C=O) groups is 1. The first-order valence-electron chi connectivity index (χ1n) is 6.04. The Bertz CT molecular complexity index is 585. The first kappa shape index (κ1) is 11.2. The second kappa shape index (κ2) is 4.42. The van der Waals surface area contributed by atoms with E-state index >= 15 is 0 Å². The quantitative estimate of drug-likeness (QED) is 0.898. The van der Waals surface area contributed by atoms with Gasteiger partial charge < -0.3 is 14.4 Å². The number of fused-ring (bicyclic) bond motifs is 1. The lowest BCUT2D eigenvalue weighted by molar-refractivity contribution is 0.0697. The van der Waals surface area contributed by atoms with Crippen LogP contribution >= 0.6 is 0 Å². The molecular weight excluding hydrogens is 232 g/mol. The molecule has 2 aromatic rings. The molecule has 1 aromatic carbocycles. The Labute approximate surface area is 104 Å². The van der Waals surface area contributed by atoms with Gasteiger partial charge in [-0.05, 0) is 31.0 Å². The highest BCUT2D eigenvalue weighted by molar-refractivity contribution is 5.92. The van der Waals surface area contributed by atoms with E-state index in [1.165, 1.54) is 0 Å². The van der Waals surface area contributed by atoms with Crippen molar-refractivity contribution in [1.29, 1.82) is 0 Å². The molecule has 1 aliphatic heterocycles. The molecule has 18 heavy (non-hydrogen) atoms. The number of nitrogens with zero attached hydrogens (tertiary/aromatic N) is 2. The minimum Gasteiger partial charge on any atom is -0.478 e. The van der Waals surface area contributed by atoms with Crippen LogP contribution in [0, 0.1) is 0 Å². The van der Waals surface area contributed by atoms with Gasteiger partial charge in [0, 0.05) is 6.61 Å². The minimum absolute atomic E-state index is 0.251. The van der Waals surface area contributed by atoms with E-state index in [0.29, 0.717) is 5.52 Å². The van der Waals surface area contributed by atoms with E-state index in [-0.39, 0.29) is 11.7 Å². The predicted molar refractivity (Wildman–Crippen MR) is 65.7 cm³/mol. The summed E-state index contributed by atoms with van der Waals surface area (Å²) in [6.45, 7) is 1.61. The summed E-state index contributed by atoms with van der Waals surface area (Å²) in [5, 5.41) is 8.93. The third-order valence-electron chi connectivity index (χ3n) is 3.29. The Morgan fingerprint density at radius 3 is 3.17 bits per heavy atom. The van der Waals surface area contributed by atoms with Crippen molar-refractivity contribution >= 4 is 17.0 Å². The largest absolute Gasteiger partial charge is 0.478 e. The molecule has 0 bridgehead atoms. The van der Waals surface area contributed by atoms with Crippen molar-refractivity contribution in [2.45, 2.75) is 25.5 Å². The summed E-state index contributed by atoms with van der Waals surface area (Å²) in [6.07, 6.45) is 4.19. The van der Waals surface area contributed by atoms with Gasteiger partial charge in [0.05, 0.1) is 35.6 Å². The first-order valence-corrected chi connectivity index (χ1v) is 6.04. The van der Waals surface area contributed by atoms with Gasteiger partial charge in [0.15, 0.2) is 0 Å². The maximum Gasteiger partial charge on any atom is 0.335 e. The normalized spacial score (nSPS) is 19.4. The van der Waals surface area contributed by atoms with E-state index in [2.05, 4.69) is 4.98 Å². The van der Waals surface area contributed by atoms with E-state index in [4.69, 9.17) is 9.84 Å². The summed E-state index contributed by atoms with van der Waals surface area (Å²) >= 11 is 0. The summed E-state index contributed by atoms with van der Waals surface area (Å²) in [7, 11) is 0. The van der Waals surface area contributed by atoms with E-state index < -0.39 is 5.97 Å². The van der Waals surface area contributed by atoms with Crippen LogP contribution < -0.4 is 0 Å². The summed E-state index contributed by atoms with van der Waals surface area (Å²) < 4.78 is 7.62. The Balaban J connectivity index is 1.91. The number of hydrogen-bond donors (Lipinski definition) is 1. The summed E-state index contributed by atoms with van der Waals surface area (Å²) in [6, 6.07) is 5.02. The maximum atomic E-state index is 10.9. The van der Waals surface area contributed by atoms with Crippen molar-refractivity contribution in [2.24, 2.45) is 0 Å². The van der Waals surface area contributed by atoms with Gasteiger partial charge in [-0.25, -0.2) is 9.78 Å². The molecule has 1 aliphatic rings. The van der Waals surface area contributed by atoms with Crippen LogP contribution in [0.15, 0.2) is 24.5 Å². The smallest absolute Gasteiger partial charge is 0.335 e. The number of aromatic carboxylic acids is 1. The highest BCUT2D eigenvalue weighted by Gasteiger charge is 2.17.